The summed E-state index contributed by atoms with van der Waals surface area (Å²) < 4.78 is 4.87. The van der Waals surface area contributed by atoms with Crippen LogP contribution in [0.15, 0.2) is 0 Å². The highest BCUT2D eigenvalue weighted by atomic mass is 32.1. The third-order valence-electron chi connectivity index (χ3n) is 4.50. The second kappa shape index (κ2) is 5.50. The molecule has 0 spiro atoms. The highest BCUT2D eigenvalue weighted by Crippen LogP contribution is 2.52. The third-order valence-corrected chi connectivity index (χ3v) is 5.76. The van der Waals surface area contributed by atoms with Gasteiger partial charge in [-0.05, 0) is 39.3 Å². The fourth-order valence-corrected chi connectivity index (χ4v) is 4.30. The maximum absolute atomic E-state index is 11.9. The van der Waals surface area contributed by atoms with Gasteiger partial charge in [-0.1, -0.05) is 0 Å². The monoisotopic (exact) mass is 309 g/mol. The summed E-state index contributed by atoms with van der Waals surface area (Å²) in [4.78, 5) is 17.2. The quantitative estimate of drug-likeness (QED) is 0.864. The highest BCUT2D eigenvalue weighted by molar-refractivity contribution is 7.18. The van der Waals surface area contributed by atoms with Gasteiger partial charge in [0.25, 0.3) is 0 Å². The van der Waals surface area contributed by atoms with Crippen LogP contribution in [0.1, 0.15) is 40.4 Å². The zero-order valence-corrected chi connectivity index (χ0v) is 13.7. The van der Waals surface area contributed by atoms with Gasteiger partial charge in [-0.15, -0.1) is 11.3 Å². The number of anilines is 2. The Balaban J connectivity index is 1.93. The standard InChI is InChI=1S/C15H23N3O2S/c1-17(2)10-6-7-18(8-10)14-11(9-4-5-9)12(16)13(21-14)15(19)20-3/h9-10H,4-8,16H2,1-3H3. The fraction of sp³-hybridized carbons (Fsp3) is 0.667. The van der Waals surface area contributed by atoms with Crippen LogP contribution in [-0.2, 0) is 4.74 Å². The second-order valence-electron chi connectivity index (χ2n) is 6.18. The van der Waals surface area contributed by atoms with Crippen LogP contribution < -0.4 is 10.6 Å². The van der Waals surface area contributed by atoms with Crippen molar-refractivity contribution in [1.82, 2.24) is 4.90 Å². The smallest absolute Gasteiger partial charge is 0.350 e. The van der Waals surface area contributed by atoms with Crippen LogP contribution in [0.4, 0.5) is 10.7 Å². The summed E-state index contributed by atoms with van der Waals surface area (Å²) in [6, 6.07) is 0.571. The van der Waals surface area contributed by atoms with Crippen LogP contribution in [-0.4, -0.2) is 51.2 Å². The fourth-order valence-electron chi connectivity index (χ4n) is 3.04. The Morgan fingerprint density at radius 2 is 2.10 bits per heavy atom. The van der Waals surface area contributed by atoms with Gasteiger partial charge >= 0.3 is 5.97 Å². The number of likely N-dealkylation sites (N-methyl/N-ethyl adjacent to an activating group) is 1. The van der Waals surface area contributed by atoms with Gasteiger partial charge < -0.3 is 20.3 Å². The maximum Gasteiger partial charge on any atom is 0.350 e. The molecule has 1 aliphatic heterocycles. The van der Waals surface area contributed by atoms with E-state index in [4.69, 9.17) is 10.5 Å². The first-order chi connectivity index (χ1) is 10.0. The molecule has 0 amide bonds. The van der Waals surface area contributed by atoms with Gasteiger partial charge in [0.05, 0.1) is 17.8 Å². The summed E-state index contributed by atoms with van der Waals surface area (Å²) in [5, 5.41) is 1.19. The maximum atomic E-state index is 11.9. The number of nitrogen functional groups attached to an aromatic ring is 1. The molecule has 1 atom stereocenters. The van der Waals surface area contributed by atoms with Crippen molar-refractivity contribution in [2.75, 3.05) is 44.9 Å². The van der Waals surface area contributed by atoms with Crippen LogP contribution in [0.5, 0.6) is 0 Å². The zero-order chi connectivity index (χ0) is 15.1. The van der Waals surface area contributed by atoms with E-state index in [1.165, 1.54) is 41.9 Å². The van der Waals surface area contributed by atoms with E-state index in [9.17, 15) is 4.79 Å². The van der Waals surface area contributed by atoms with Gasteiger partial charge in [0.2, 0.25) is 0 Å². The number of rotatable bonds is 4. The zero-order valence-electron chi connectivity index (χ0n) is 12.9. The third kappa shape index (κ3) is 2.62. The Morgan fingerprint density at radius 1 is 1.38 bits per heavy atom. The van der Waals surface area contributed by atoms with Crippen LogP contribution in [0.25, 0.3) is 0 Å². The second-order valence-corrected chi connectivity index (χ2v) is 7.18. The van der Waals surface area contributed by atoms with Crippen molar-refractivity contribution in [2.45, 2.75) is 31.2 Å². The highest BCUT2D eigenvalue weighted by Gasteiger charge is 2.36. The Morgan fingerprint density at radius 3 is 2.62 bits per heavy atom. The van der Waals surface area contributed by atoms with Crippen LogP contribution in [0.3, 0.4) is 0 Å². The lowest BCUT2D eigenvalue weighted by molar-refractivity contribution is 0.0607. The number of esters is 1. The average molecular weight is 309 g/mol. The minimum atomic E-state index is -0.311. The van der Waals surface area contributed by atoms with Crippen LogP contribution >= 0.6 is 11.3 Å². The molecule has 3 rings (SSSR count). The molecule has 21 heavy (non-hydrogen) atoms. The lowest BCUT2D eigenvalue weighted by atomic mass is 10.1. The summed E-state index contributed by atoms with van der Waals surface area (Å²) in [6.07, 6.45) is 3.52. The molecule has 116 valence electrons. The molecular weight excluding hydrogens is 286 g/mol. The Hall–Kier alpha value is -1.27. The Labute approximate surface area is 129 Å². The Bertz CT molecular complexity index is 551. The van der Waals surface area contributed by atoms with Gasteiger partial charge in [0.15, 0.2) is 0 Å². The molecule has 2 heterocycles. The Kier molecular flexibility index (Phi) is 3.84. The minimum absolute atomic E-state index is 0.311. The molecule has 5 nitrogen and oxygen atoms in total. The van der Waals surface area contributed by atoms with E-state index in [0.717, 1.165) is 19.5 Å². The molecule has 0 aromatic carbocycles. The molecule has 0 bridgehead atoms. The van der Waals surface area contributed by atoms with E-state index in [0.29, 0.717) is 22.5 Å². The number of nitrogens with two attached hydrogens (primary N) is 1. The number of methoxy groups -OCH3 is 1. The van der Waals surface area contributed by atoms with Crippen molar-refractivity contribution in [3.05, 3.63) is 10.4 Å². The molecule has 2 fully saturated rings. The number of nitrogens with zero attached hydrogens (tertiary/aromatic N) is 2. The number of carbonyl (C=O) groups excluding carboxylic acids is 1. The van der Waals surface area contributed by atoms with Crippen molar-refractivity contribution in [3.8, 4) is 0 Å². The summed E-state index contributed by atoms with van der Waals surface area (Å²) in [5.74, 6) is 0.224. The first kappa shape index (κ1) is 14.7. The topological polar surface area (TPSA) is 58.8 Å². The van der Waals surface area contributed by atoms with Crippen molar-refractivity contribution in [2.24, 2.45) is 0 Å². The summed E-state index contributed by atoms with van der Waals surface area (Å²) in [6.45, 7) is 2.04. The lowest BCUT2D eigenvalue weighted by Gasteiger charge is -2.21. The van der Waals surface area contributed by atoms with Crippen LogP contribution in [0, 0.1) is 0 Å². The molecule has 1 aromatic rings. The number of carbonyl (C=O) groups is 1. The summed E-state index contributed by atoms with van der Waals surface area (Å²) in [5.41, 5.74) is 8.10. The van der Waals surface area contributed by atoms with Gasteiger partial charge in [-0.25, -0.2) is 4.79 Å². The molecular formula is C15H23N3O2S. The lowest BCUT2D eigenvalue weighted by Crippen LogP contribution is -2.31. The molecule has 2 N–H and O–H groups in total. The SMILES string of the molecule is COC(=O)c1sc(N2CCC(N(C)C)C2)c(C2CC2)c1N. The molecule has 1 aliphatic carbocycles. The van der Waals surface area contributed by atoms with E-state index >= 15 is 0 Å². The van der Waals surface area contributed by atoms with Gasteiger partial charge in [-0.3, -0.25) is 0 Å². The van der Waals surface area contributed by atoms with E-state index in [-0.39, 0.29) is 5.97 Å². The van der Waals surface area contributed by atoms with Crippen molar-refractivity contribution >= 4 is 28.0 Å². The number of hydrogen-bond donors (Lipinski definition) is 1. The molecule has 1 saturated carbocycles. The van der Waals surface area contributed by atoms with Crippen molar-refractivity contribution in [1.29, 1.82) is 0 Å². The number of thiophene rings is 1. The van der Waals surface area contributed by atoms with Gasteiger partial charge in [0, 0.05) is 24.7 Å². The van der Waals surface area contributed by atoms with Gasteiger partial charge in [0.1, 0.15) is 4.88 Å². The summed E-state index contributed by atoms with van der Waals surface area (Å²) >= 11 is 1.51. The first-order valence-corrected chi connectivity index (χ1v) is 8.26. The van der Waals surface area contributed by atoms with Crippen molar-refractivity contribution < 1.29 is 9.53 Å². The van der Waals surface area contributed by atoms with Gasteiger partial charge in [-0.2, -0.15) is 0 Å². The predicted octanol–water partition coefficient (Wildman–Crippen LogP) is 2.13. The largest absolute Gasteiger partial charge is 0.465 e. The first-order valence-electron chi connectivity index (χ1n) is 7.44. The minimum Gasteiger partial charge on any atom is -0.465 e. The van der Waals surface area contributed by atoms with E-state index in [2.05, 4.69) is 23.9 Å². The number of ether oxygens (including phenoxy) is 1. The van der Waals surface area contributed by atoms with E-state index in [1.807, 2.05) is 0 Å². The number of hydrogen-bond acceptors (Lipinski definition) is 6. The average Bonchev–Trinajstić information content (AvgIpc) is 3.05. The molecule has 1 saturated heterocycles. The van der Waals surface area contributed by atoms with Crippen molar-refractivity contribution in [3.63, 3.8) is 0 Å². The van der Waals surface area contributed by atoms with E-state index < -0.39 is 0 Å². The molecule has 2 aliphatic rings. The normalized spacial score (nSPS) is 22.1. The molecule has 0 radical (unpaired) electrons. The molecule has 6 heteroatoms. The van der Waals surface area contributed by atoms with E-state index in [1.54, 1.807) is 0 Å². The van der Waals surface area contributed by atoms with Crippen LogP contribution in [0.2, 0.25) is 0 Å². The molecule has 1 aromatic heterocycles. The predicted molar refractivity (Wildman–Crippen MR) is 86.4 cm³/mol. The summed E-state index contributed by atoms with van der Waals surface area (Å²) in [7, 11) is 5.66. The molecule has 1 unspecified atom stereocenters.